The fourth-order valence-electron chi connectivity index (χ4n) is 1.53. The second-order valence-electron chi connectivity index (χ2n) is 3.98. The van der Waals surface area contributed by atoms with Gasteiger partial charge < -0.3 is 9.47 Å². The lowest BCUT2D eigenvalue weighted by atomic mass is 10.1. The fourth-order valence-corrected chi connectivity index (χ4v) is 1.97. The van der Waals surface area contributed by atoms with Gasteiger partial charge in [-0.25, -0.2) is 0 Å². The molecule has 0 aromatic carbocycles. The van der Waals surface area contributed by atoms with Crippen molar-refractivity contribution >= 4 is 22.6 Å². The van der Waals surface area contributed by atoms with Crippen molar-refractivity contribution in [3.8, 4) is 0 Å². The Kier molecular flexibility index (Phi) is 8.15. The van der Waals surface area contributed by atoms with Crippen molar-refractivity contribution in [2.45, 2.75) is 38.9 Å². The van der Waals surface area contributed by atoms with Gasteiger partial charge in [-0.3, -0.25) is 0 Å². The molecule has 0 saturated carbocycles. The van der Waals surface area contributed by atoms with E-state index in [1.165, 1.54) is 22.8 Å². The summed E-state index contributed by atoms with van der Waals surface area (Å²) in [5.74, 6) is 0. The summed E-state index contributed by atoms with van der Waals surface area (Å²) in [4.78, 5) is 0. The third-order valence-electron chi connectivity index (χ3n) is 2.49. The summed E-state index contributed by atoms with van der Waals surface area (Å²) in [5, 5.41) is 0. The van der Waals surface area contributed by atoms with Crippen molar-refractivity contribution in [2.75, 3.05) is 17.6 Å². The van der Waals surface area contributed by atoms with Crippen LogP contribution in [-0.4, -0.2) is 23.9 Å². The molecule has 1 aliphatic heterocycles. The molecule has 3 heteroatoms. The summed E-state index contributed by atoms with van der Waals surface area (Å²) in [5.41, 5.74) is 1.39. The summed E-state index contributed by atoms with van der Waals surface area (Å²) in [6, 6.07) is 0. The van der Waals surface area contributed by atoms with Gasteiger partial charge in [-0.2, -0.15) is 0 Å². The molecule has 0 amide bonds. The monoisotopic (exact) mass is 336 g/mol. The van der Waals surface area contributed by atoms with E-state index in [4.69, 9.17) is 9.47 Å². The molecule has 0 spiro atoms. The molecule has 0 bridgehead atoms. The minimum atomic E-state index is 0.0337. The van der Waals surface area contributed by atoms with E-state index in [2.05, 4.69) is 47.7 Å². The lowest BCUT2D eigenvalue weighted by Gasteiger charge is -2.07. The van der Waals surface area contributed by atoms with Crippen LogP contribution in [0.2, 0.25) is 0 Å². The van der Waals surface area contributed by atoms with Gasteiger partial charge in [0.25, 0.3) is 0 Å². The largest absolute Gasteiger partial charge is 0.350 e. The predicted molar refractivity (Wildman–Crippen MR) is 75.9 cm³/mol. The Hall–Kier alpha value is 0.130. The maximum Gasteiger partial charge on any atom is 0.158 e. The van der Waals surface area contributed by atoms with Gasteiger partial charge in [-0.05, 0) is 30.6 Å². The number of alkyl halides is 1. The van der Waals surface area contributed by atoms with Gasteiger partial charge in [-0.1, -0.05) is 46.4 Å². The smallest absolute Gasteiger partial charge is 0.158 e. The van der Waals surface area contributed by atoms with Crippen molar-refractivity contribution in [2.24, 2.45) is 0 Å². The minimum Gasteiger partial charge on any atom is -0.350 e. The number of rotatable bonds is 7. The van der Waals surface area contributed by atoms with Crippen molar-refractivity contribution < 1.29 is 9.47 Å². The van der Waals surface area contributed by atoms with Gasteiger partial charge in [0.2, 0.25) is 0 Å². The minimum absolute atomic E-state index is 0.0337. The number of hydrogen-bond acceptors (Lipinski definition) is 2. The van der Waals surface area contributed by atoms with Crippen LogP contribution < -0.4 is 0 Å². The number of halogens is 1. The quantitative estimate of drug-likeness (QED) is 0.304. The molecular formula is C13H21IO2. The van der Waals surface area contributed by atoms with Crippen LogP contribution in [0.4, 0.5) is 0 Å². The topological polar surface area (TPSA) is 18.5 Å². The first-order chi connectivity index (χ1) is 7.83. The summed E-state index contributed by atoms with van der Waals surface area (Å²) in [7, 11) is 0. The highest BCUT2D eigenvalue weighted by Gasteiger charge is 2.14. The lowest BCUT2D eigenvalue weighted by molar-refractivity contribution is -0.0461. The number of unbranched alkanes of at least 4 members (excludes halogenated alkanes) is 1. The van der Waals surface area contributed by atoms with Gasteiger partial charge in [0.15, 0.2) is 6.29 Å². The van der Waals surface area contributed by atoms with Crippen molar-refractivity contribution in [1.29, 1.82) is 0 Å². The molecule has 0 N–H and O–H groups in total. The zero-order chi connectivity index (χ0) is 11.6. The third-order valence-corrected chi connectivity index (χ3v) is 3.25. The Labute approximate surface area is 112 Å². The molecule has 1 fully saturated rings. The third kappa shape index (κ3) is 6.66. The lowest BCUT2D eigenvalue weighted by Crippen LogP contribution is -2.06. The molecule has 0 atom stereocenters. The first-order valence-electron chi connectivity index (χ1n) is 5.94. The average Bonchev–Trinajstić information content (AvgIpc) is 2.79. The van der Waals surface area contributed by atoms with E-state index in [-0.39, 0.29) is 6.29 Å². The SMILES string of the molecule is CC(=CC=CCCCI)CCC1OCCO1. The molecule has 0 radical (unpaired) electrons. The Morgan fingerprint density at radius 3 is 2.81 bits per heavy atom. The highest BCUT2D eigenvalue weighted by atomic mass is 127. The summed E-state index contributed by atoms with van der Waals surface area (Å²) in [6.07, 6.45) is 11.1. The number of ether oxygens (including phenoxy) is 2. The van der Waals surface area contributed by atoms with E-state index >= 15 is 0 Å². The Balaban J connectivity index is 2.10. The van der Waals surface area contributed by atoms with Gasteiger partial charge in [-0.15, -0.1) is 0 Å². The molecule has 1 heterocycles. The highest BCUT2D eigenvalue weighted by Crippen LogP contribution is 2.14. The van der Waals surface area contributed by atoms with Crippen molar-refractivity contribution in [3.63, 3.8) is 0 Å². The number of hydrogen-bond donors (Lipinski definition) is 0. The maximum atomic E-state index is 5.39. The van der Waals surface area contributed by atoms with E-state index in [0.29, 0.717) is 0 Å². The molecule has 1 saturated heterocycles. The van der Waals surface area contributed by atoms with Crippen LogP contribution in [0.1, 0.15) is 32.6 Å². The second kappa shape index (κ2) is 9.19. The van der Waals surface area contributed by atoms with Crippen LogP contribution in [0.5, 0.6) is 0 Å². The molecule has 0 aromatic heterocycles. The van der Waals surface area contributed by atoms with E-state index in [0.717, 1.165) is 26.1 Å². The van der Waals surface area contributed by atoms with E-state index in [1.54, 1.807) is 0 Å². The molecule has 0 aliphatic carbocycles. The van der Waals surface area contributed by atoms with Crippen LogP contribution in [-0.2, 0) is 9.47 Å². The summed E-state index contributed by atoms with van der Waals surface area (Å²) >= 11 is 2.41. The molecule has 92 valence electrons. The Morgan fingerprint density at radius 2 is 2.12 bits per heavy atom. The first-order valence-corrected chi connectivity index (χ1v) is 7.47. The average molecular weight is 336 g/mol. The van der Waals surface area contributed by atoms with Crippen molar-refractivity contribution in [1.82, 2.24) is 0 Å². The molecule has 16 heavy (non-hydrogen) atoms. The van der Waals surface area contributed by atoms with Crippen LogP contribution in [0.15, 0.2) is 23.8 Å². The zero-order valence-corrected chi connectivity index (χ0v) is 12.1. The highest BCUT2D eigenvalue weighted by molar-refractivity contribution is 14.1. The maximum absolute atomic E-state index is 5.39. The van der Waals surface area contributed by atoms with E-state index in [1.807, 2.05) is 0 Å². The van der Waals surface area contributed by atoms with E-state index in [9.17, 15) is 0 Å². The van der Waals surface area contributed by atoms with Crippen LogP contribution in [0.25, 0.3) is 0 Å². The second-order valence-corrected chi connectivity index (χ2v) is 5.06. The number of allylic oxidation sites excluding steroid dienone is 4. The van der Waals surface area contributed by atoms with Gasteiger partial charge in [0, 0.05) is 6.42 Å². The fraction of sp³-hybridized carbons (Fsp3) is 0.692. The normalized spacial score (nSPS) is 18.8. The molecular weight excluding hydrogens is 315 g/mol. The standard InChI is InChI=1S/C13H21IO2/c1-12(6-4-2-3-5-9-14)7-8-13-15-10-11-16-13/h2,4,6,13H,3,5,7-11H2,1H3. The van der Waals surface area contributed by atoms with Crippen LogP contribution >= 0.6 is 22.6 Å². The van der Waals surface area contributed by atoms with Crippen molar-refractivity contribution in [3.05, 3.63) is 23.8 Å². The summed E-state index contributed by atoms with van der Waals surface area (Å²) in [6.45, 7) is 3.67. The zero-order valence-electron chi connectivity index (χ0n) is 9.95. The predicted octanol–water partition coefficient (Wildman–Crippen LogP) is 3.86. The van der Waals surface area contributed by atoms with Gasteiger partial charge in [0.05, 0.1) is 13.2 Å². The molecule has 0 unspecified atom stereocenters. The molecule has 0 aromatic rings. The molecule has 1 rings (SSSR count). The first kappa shape index (κ1) is 14.2. The molecule has 2 nitrogen and oxygen atoms in total. The molecule has 1 aliphatic rings. The van der Waals surface area contributed by atoms with E-state index < -0.39 is 0 Å². The van der Waals surface area contributed by atoms with Crippen LogP contribution in [0, 0.1) is 0 Å². The van der Waals surface area contributed by atoms with Crippen LogP contribution in [0.3, 0.4) is 0 Å². The Morgan fingerprint density at radius 1 is 1.38 bits per heavy atom. The van der Waals surface area contributed by atoms with Gasteiger partial charge >= 0.3 is 0 Å². The Bertz CT molecular complexity index is 230. The summed E-state index contributed by atoms with van der Waals surface area (Å²) < 4.78 is 12.0. The van der Waals surface area contributed by atoms with Gasteiger partial charge in [0.1, 0.15) is 0 Å².